The van der Waals surface area contributed by atoms with Gasteiger partial charge in [0.05, 0.1) is 29.9 Å². The lowest BCUT2D eigenvalue weighted by Crippen LogP contribution is -2.31. The topological polar surface area (TPSA) is 87.6 Å². The van der Waals surface area contributed by atoms with Gasteiger partial charge in [-0.25, -0.2) is 9.97 Å². The summed E-state index contributed by atoms with van der Waals surface area (Å²) in [6.07, 6.45) is 11.1. The van der Waals surface area contributed by atoms with Gasteiger partial charge in [0.25, 0.3) is 0 Å². The molecule has 0 atom stereocenters. The van der Waals surface area contributed by atoms with Gasteiger partial charge in [-0.15, -0.1) is 12.3 Å². The molecule has 206 valence electrons. The van der Waals surface area contributed by atoms with E-state index in [2.05, 4.69) is 60.8 Å². The van der Waals surface area contributed by atoms with Crippen molar-refractivity contribution in [3.05, 3.63) is 67.5 Å². The Morgan fingerprint density at radius 1 is 1.18 bits per heavy atom. The smallest absolute Gasteiger partial charge is 0.247 e. The van der Waals surface area contributed by atoms with E-state index in [1.54, 1.807) is 13.3 Å². The first-order valence-corrected chi connectivity index (χ1v) is 13.0. The number of amides is 1. The summed E-state index contributed by atoms with van der Waals surface area (Å²) in [5.41, 5.74) is 4.94. The maximum absolute atomic E-state index is 12.3. The summed E-state index contributed by atoms with van der Waals surface area (Å²) >= 11 is 0. The lowest BCUT2D eigenvalue weighted by atomic mass is 10.1. The zero-order valence-corrected chi connectivity index (χ0v) is 23.4. The molecule has 0 saturated heterocycles. The molecule has 4 aromatic rings. The Morgan fingerprint density at radius 2 is 1.98 bits per heavy atom. The van der Waals surface area contributed by atoms with Crippen LogP contribution >= 0.6 is 0 Å². The number of rotatable bonds is 12. The SMILES string of the molecule is C#CCCN(C)CCN(C)c1cc(OC)c(Nc2nccc(-c3cn(C)c4ccccc34)n2)cc1NC(=O)C=C. The number of nitrogens with one attached hydrogen (secondary N) is 2. The lowest BCUT2D eigenvalue weighted by molar-refractivity contribution is -0.111. The maximum atomic E-state index is 12.3. The third-order valence-corrected chi connectivity index (χ3v) is 6.70. The predicted octanol–water partition coefficient (Wildman–Crippen LogP) is 4.90. The Morgan fingerprint density at radius 3 is 2.73 bits per heavy atom. The molecular weight excluding hydrogens is 502 g/mol. The Labute approximate surface area is 235 Å². The molecule has 0 aliphatic rings. The van der Waals surface area contributed by atoms with E-state index in [0.717, 1.165) is 40.9 Å². The van der Waals surface area contributed by atoms with Gasteiger partial charge in [-0.1, -0.05) is 24.8 Å². The van der Waals surface area contributed by atoms with Crippen LogP contribution in [0.4, 0.5) is 23.0 Å². The summed E-state index contributed by atoms with van der Waals surface area (Å²) < 4.78 is 7.82. The number of likely N-dealkylation sites (N-methyl/N-ethyl adjacent to an activating group) is 2. The molecule has 4 rings (SSSR count). The van der Waals surface area contributed by atoms with Gasteiger partial charge in [-0.05, 0) is 31.3 Å². The van der Waals surface area contributed by atoms with Crippen LogP contribution in [0.1, 0.15) is 6.42 Å². The van der Waals surface area contributed by atoms with Crippen molar-refractivity contribution in [3.63, 3.8) is 0 Å². The number of hydrogen-bond acceptors (Lipinski definition) is 7. The molecule has 0 radical (unpaired) electrons. The first kappa shape index (κ1) is 28.2. The summed E-state index contributed by atoms with van der Waals surface area (Å²) in [4.78, 5) is 25.8. The zero-order valence-electron chi connectivity index (χ0n) is 23.4. The highest BCUT2D eigenvalue weighted by Crippen LogP contribution is 2.38. The molecular formula is C31H35N7O2. The van der Waals surface area contributed by atoms with Crippen LogP contribution in [0.2, 0.25) is 0 Å². The third kappa shape index (κ3) is 6.42. The van der Waals surface area contributed by atoms with E-state index in [-0.39, 0.29) is 5.91 Å². The van der Waals surface area contributed by atoms with Crippen LogP contribution in [0, 0.1) is 12.3 Å². The minimum atomic E-state index is -0.314. The van der Waals surface area contributed by atoms with Crippen molar-refractivity contribution in [1.29, 1.82) is 0 Å². The van der Waals surface area contributed by atoms with Gasteiger partial charge < -0.3 is 29.7 Å². The van der Waals surface area contributed by atoms with Crippen LogP contribution < -0.4 is 20.3 Å². The van der Waals surface area contributed by atoms with Gasteiger partial charge in [0, 0.05) is 75.1 Å². The van der Waals surface area contributed by atoms with Crippen molar-refractivity contribution in [2.24, 2.45) is 7.05 Å². The van der Waals surface area contributed by atoms with Crippen molar-refractivity contribution in [2.75, 3.05) is 56.4 Å². The Bertz CT molecular complexity index is 1550. The first-order chi connectivity index (χ1) is 19.3. The van der Waals surface area contributed by atoms with Crippen LogP contribution in [-0.2, 0) is 11.8 Å². The van der Waals surface area contributed by atoms with Crippen LogP contribution in [-0.4, -0.2) is 66.2 Å². The monoisotopic (exact) mass is 537 g/mol. The lowest BCUT2D eigenvalue weighted by Gasteiger charge is -2.26. The fourth-order valence-corrected chi connectivity index (χ4v) is 4.48. The molecule has 40 heavy (non-hydrogen) atoms. The Hall–Kier alpha value is -4.81. The van der Waals surface area contributed by atoms with Gasteiger partial charge in [-0.3, -0.25) is 4.79 Å². The van der Waals surface area contributed by atoms with Gasteiger partial charge in [0.1, 0.15) is 5.75 Å². The Kier molecular flexibility index (Phi) is 9.04. The second-order valence-electron chi connectivity index (χ2n) is 9.50. The summed E-state index contributed by atoms with van der Waals surface area (Å²) in [5.74, 6) is 3.34. The van der Waals surface area contributed by atoms with E-state index < -0.39 is 0 Å². The van der Waals surface area contributed by atoms with E-state index in [4.69, 9.17) is 16.1 Å². The number of aryl methyl sites for hydroxylation is 1. The molecule has 2 aromatic carbocycles. The number of ether oxygens (including phenoxy) is 1. The van der Waals surface area contributed by atoms with Gasteiger partial charge in [0.2, 0.25) is 11.9 Å². The number of nitrogens with zero attached hydrogens (tertiary/aromatic N) is 5. The first-order valence-electron chi connectivity index (χ1n) is 13.0. The number of benzene rings is 2. The quantitative estimate of drug-likeness (QED) is 0.196. The molecule has 0 unspecified atom stereocenters. The summed E-state index contributed by atoms with van der Waals surface area (Å²) in [5, 5.41) is 7.32. The number of hydrogen-bond donors (Lipinski definition) is 2. The normalized spacial score (nSPS) is 10.8. The van der Waals surface area contributed by atoms with Crippen LogP contribution in [0.3, 0.4) is 0 Å². The molecule has 2 heterocycles. The van der Waals surface area contributed by atoms with Crippen molar-refractivity contribution in [3.8, 4) is 29.4 Å². The number of anilines is 4. The average Bonchev–Trinajstić information content (AvgIpc) is 3.31. The second-order valence-corrected chi connectivity index (χ2v) is 9.50. The fraction of sp³-hybridized carbons (Fsp3) is 0.258. The second kappa shape index (κ2) is 12.8. The molecule has 2 aromatic heterocycles. The number of aromatic nitrogens is 3. The fourth-order valence-electron chi connectivity index (χ4n) is 4.48. The molecule has 1 amide bonds. The third-order valence-electron chi connectivity index (χ3n) is 6.70. The van der Waals surface area contributed by atoms with Gasteiger partial charge in [-0.2, -0.15) is 0 Å². The maximum Gasteiger partial charge on any atom is 0.247 e. The zero-order chi connectivity index (χ0) is 28.6. The van der Waals surface area contributed by atoms with Crippen LogP contribution in [0.5, 0.6) is 5.75 Å². The number of terminal acetylenes is 1. The summed E-state index contributed by atoms with van der Waals surface area (Å²) in [6.45, 7) is 5.92. The highest BCUT2D eigenvalue weighted by molar-refractivity contribution is 6.02. The molecule has 9 nitrogen and oxygen atoms in total. The number of para-hydroxylation sites is 1. The largest absolute Gasteiger partial charge is 0.494 e. The molecule has 0 bridgehead atoms. The Balaban J connectivity index is 1.65. The highest BCUT2D eigenvalue weighted by Gasteiger charge is 2.17. The minimum absolute atomic E-state index is 0.314. The average molecular weight is 538 g/mol. The summed E-state index contributed by atoms with van der Waals surface area (Å²) in [6, 6.07) is 13.8. The molecule has 9 heteroatoms. The molecule has 2 N–H and O–H groups in total. The van der Waals surface area contributed by atoms with Gasteiger partial charge in [0.15, 0.2) is 0 Å². The standard InChI is InChI=1S/C31H35N7O2/c1-7-9-16-36(3)17-18-37(4)28-20-29(40-6)26(19-25(28)33-30(39)8-2)35-31-32-15-14-24(34-31)23-21-38(5)27-13-11-10-12-22(23)27/h1,8,10-15,19-21H,2,9,16-18H2,3-6H3,(H,33,39)(H,32,34,35). The van der Waals surface area contributed by atoms with Crippen LogP contribution in [0.15, 0.2) is 67.5 Å². The van der Waals surface area contributed by atoms with E-state index in [9.17, 15) is 4.79 Å². The summed E-state index contributed by atoms with van der Waals surface area (Å²) in [7, 11) is 7.63. The molecule has 0 aliphatic heterocycles. The van der Waals surface area contributed by atoms with Crippen LogP contribution in [0.25, 0.3) is 22.2 Å². The number of carbonyl (C=O) groups is 1. The van der Waals surface area contributed by atoms with E-state index in [1.807, 2.05) is 51.5 Å². The number of fused-ring (bicyclic) bond motifs is 1. The molecule has 0 aliphatic carbocycles. The molecule has 0 saturated carbocycles. The van der Waals surface area contributed by atoms with E-state index in [1.165, 1.54) is 6.08 Å². The predicted molar refractivity (Wildman–Crippen MR) is 163 cm³/mol. The molecule has 0 fully saturated rings. The van der Waals surface area contributed by atoms with E-state index in [0.29, 0.717) is 36.0 Å². The van der Waals surface area contributed by atoms with Crippen molar-refractivity contribution in [2.45, 2.75) is 6.42 Å². The van der Waals surface area contributed by atoms with Gasteiger partial charge >= 0.3 is 0 Å². The number of carbonyl (C=O) groups excluding carboxylic acids is 1. The number of methoxy groups -OCH3 is 1. The van der Waals surface area contributed by atoms with E-state index >= 15 is 0 Å². The molecule has 0 spiro atoms. The highest BCUT2D eigenvalue weighted by atomic mass is 16.5. The van der Waals surface area contributed by atoms with Crippen molar-refractivity contribution < 1.29 is 9.53 Å². The van der Waals surface area contributed by atoms with Crippen molar-refractivity contribution >= 4 is 39.8 Å². The van der Waals surface area contributed by atoms with Crippen molar-refractivity contribution in [1.82, 2.24) is 19.4 Å². The minimum Gasteiger partial charge on any atom is -0.494 e.